The van der Waals surface area contributed by atoms with E-state index in [-0.39, 0.29) is 6.67 Å². The summed E-state index contributed by atoms with van der Waals surface area (Å²) in [6.07, 6.45) is 3.91. The molecule has 0 amide bonds. The SMILES string of the molecule is Cc1c(/C=C\CCF)oc2c(NCc3cccs3)cc(Cl)nc12. The summed E-state index contributed by atoms with van der Waals surface area (Å²) >= 11 is 7.82. The Morgan fingerprint density at radius 3 is 3.09 bits per heavy atom. The van der Waals surface area contributed by atoms with E-state index in [1.807, 2.05) is 18.4 Å². The van der Waals surface area contributed by atoms with Crippen molar-refractivity contribution in [1.29, 1.82) is 0 Å². The van der Waals surface area contributed by atoms with Gasteiger partial charge in [0.15, 0.2) is 5.58 Å². The van der Waals surface area contributed by atoms with Gasteiger partial charge in [-0.15, -0.1) is 11.3 Å². The predicted octanol–water partition coefficient (Wildman–Crippen LogP) is 5.84. The van der Waals surface area contributed by atoms with Crippen LogP contribution < -0.4 is 5.32 Å². The first-order chi connectivity index (χ1) is 11.2. The van der Waals surface area contributed by atoms with Crippen LogP contribution in [0.3, 0.4) is 0 Å². The summed E-state index contributed by atoms with van der Waals surface area (Å²) in [6.45, 7) is 2.24. The van der Waals surface area contributed by atoms with Crippen molar-refractivity contribution in [3.05, 3.63) is 51.0 Å². The number of aryl methyl sites for hydroxylation is 1. The zero-order valence-electron chi connectivity index (χ0n) is 12.6. The largest absolute Gasteiger partial charge is 0.453 e. The van der Waals surface area contributed by atoms with Gasteiger partial charge in [-0.2, -0.15) is 0 Å². The first-order valence-corrected chi connectivity index (χ1v) is 8.53. The van der Waals surface area contributed by atoms with Gasteiger partial charge in [0, 0.05) is 23.1 Å². The van der Waals surface area contributed by atoms with Gasteiger partial charge in [-0.25, -0.2) is 4.98 Å². The molecule has 3 rings (SSSR count). The maximum absolute atomic E-state index is 12.2. The van der Waals surface area contributed by atoms with E-state index >= 15 is 0 Å². The molecule has 3 nitrogen and oxygen atoms in total. The van der Waals surface area contributed by atoms with Crippen LogP contribution in [0, 0.1) is 6.92 Å². The van der Waals surface area contributed by atoms with Crippen molar-refractivity contribution < 1.29 is 8.81 Å². The van der Waals surface area contributed by atoms with Crippen molar-refractivity contribution in [1.82, 2.24) is 4.98 Å². The van der Waals surface area contributed by atoms with Gasteiger partial charge in [0.1, 0.15) is 16.4 Å². The summed E-state index contributed by atoms with van der Waals surface area (Å²) < 4.78 is 18.1. The highest BCUT2D eigenvalue weighted by Crippen LogP contribution is 2.32. The van der Waals surface area contributed by atoms with E-state index in [1.54, 1.807) is 29.6 Å². The smallest absolute Gasteiger partial charge is 0.176 e. The van der Waals surface area contributed by atoms with Gasteiger partial charge in [-0.3, -0.25) is 4.39 Å². The Kier molecular flexibility index (Phi) is 4.98. The van der Waals surface area contributed by atoms with Crippen molar-refractivity contribution >= 4 is 45.8 Å². The van der Waals surface area contributed by atoms with E-state index in [9.17, 15) is 4.39 Å². The second-order valence-corrected chi connectivity index (χ2v) is 6.49. The maximum atomic E-state index is 12.2. The van der Waals surface area contributed by atoms with E-state index < -0.39 is 0 Å². The summed E-state index contributed by atoms with van der Waals surface area (Å²) in [6, 6.07) is 5.84. The molecule has 3 heterocycles. The molecule has 1 N–H and O–H groups in total. The number of anilines is 1. The zero-order valence-corrected chi connectivity index (χ0v) is 14.2. The molecule has 0 radical (unpaired) electrons. The van der Waals surface area contributed by atoms with E-state index in [4.69, 9.17) is 16.0 Å². The number of hydrogen-bond acceptors (Lipinski definition) is 4. The Morgan fingerprint density at radius 1 is 1.48 bits per heavy atom. The number of hydrogen-bond donors (Lipinski definition) is 1. The number of allylic oxidation sites excluding steroid dienone is 1. The van der Waals surface area contributed by atoms with Crippen molar-refractivity contribution in [3.8, 4) is 0 Å². The lowest BCUT2D eigenvalue weighted by atomic mass is 10.2. The lowest BCUT2D eigenvalue weighted by molar-refractivity contribution is 0.501. The summed E-state index contributed by atoms with van der Waals surface area (Å²) in [5.74, 6) is 0.683. The van der Waals surface area contributed by atoms with Crippen LogP contribution in [-0.4, -0.2) is 11.7 Å². The van der Waals surface area contributed by atoms with Crippen molar-refractivity contribution in [2.24, 2.45) is 0 Å². The number of furan rings is 1. The summed E-state index contributed by atoms with van der Waals surface area (Å²) in [5, 5.41) is 5.80. The molecule has 0 aromatic carbocycles. The Labute approximate surface area is 142 Å². The third kappa shape index (κ3) is 3.57. The molecule has 0 atom stereocenters. The molecule has 0 spiro atoms. The predicted molar refractivity (Wildman–Crippen MR) is 95.0 cm³/mol. The van der Waals surface area contributed by atoms with Gasteiger partial charge >= 0.3 is 0 Å². The number of nitrogens with one attached hydrogen (secondary N) is 1. The molecular formula is C17H16ClFN2OS. The Hall–Kier alpha value is -1.85. The average Bonchev–Trinajstić information content (AvgIpc) is 3.15. The van der Waals surface area contributed by atoms with Crippen molar-refractivity contribution in [2.45, 2.75) is 19.9 Å². The number of thiophene rings is 1. The van der Waals surface area contributed by atoms with Crippen molar-refractivity contribution in [2.75, 3.05) is 12.0 Å². The zero-order chi connectivity index (χ0) is 16.2. The second kappa shape index (κ2) is 7.15. The standard InChI is InChI=1S/C17H16ClFN2OS/c1-11-14(6-2-3-7-19)22-17-13(9-15(18)21-16(11)17)20-10-12-5-4-8-23-12/h2,4-6,8-9H,3,7,10H2,1H3,(H,20,21)/b6-2-. The highest BCUT2D eigenvalue weighted by Gasteiger charge is 2.15. The molecule has 0 bridgehead atoms. The van der Waals surface area contributed by atoms with Gasteiger partial charge in [-0.05, 0) is 30.9 Å². The lowest BCUT2D eigenvalue weighted by Gasteiger charge is -2.06. The fraction of sp³-hybridized carbons (Fsp3) is 0.235. The summed E-state index contributed by atoms with van der Waals surface area (Å²) in [7, 11) is 0. The number of nitrogens with zero attached hydrogens (tertiary/aromatic N) is 1. The molecule has 0 aliphatic heterocycles. The topological polar surface area (TPSA) is 38.1 Å². The van der Waals surface area contributed by atoms with Crippen LogP contribution in [0.5, 0.6) is 0 Å². The molecule has 0 aliphatic carbocycles. The number of pyridine rings is 1. The van der Waals surface area contributed by atoms with Crippen LogP contribution in [0.1, 0.15) is 22.6 Å². The third-order valence-corrected chi connectivity index (χ3v) is 4.53. The Bertz CT molecular complexity index is 827. The van der Waals surface area contributed by atoms with Gasteiger partial charge in [0.05, 0.1) is 12.4 Å². The number of aromatic nitrogens is 1. The number of fused-ring (bicyclic) bond motifs is 1. The van der Waals surface area contributed by atoms with E-state index in [0.29, 0.717) is 29.5 Å². The molecule has 0 saturated carbocycles. The monoisotopic (exact) mass is 350 g/mol. The molecule has 23 heavy (non-hydrogen) atoms. The first kappa shape index (κ1) is 16.0. The molecule has 3 aromatic rings. The molecule has 120 valence electrons. The molecule has 0 fully saturated rings. The second-order valence-electron chi connectivity index (χ2n) is 5.07. The van der Waals surface area contributed by atoms with Crippen molar-refractivity contribution in [3.63, 3.8) is 0 Å². The number of alkyl halides is 1. The minimum atomic E-state index is -0.381. The highest BCUT2D eigenvalue weighted by atomic mass is 35.5. The normalized spacial score (nSPS) is 11.6. The van der Waals surface area contributed by atoms with E-state index in [0.717, 1.165) is 16.8 Å². The lowest BCUT2D eigenvalue weighted by Crippen LogP contribution is -1.98. The van der Waals surface area contributed by atoms with Gasteiger partial charge in [0.2, 0.25) is 0 Å². The summed E-state index contributed by atoms with van der Waals surface area (Å²) in [5.41, 5.74) is 3.10. The van der Waals surface area contributed by atoms with Crippen LogP contribution in [0.2, 0.25) is 5.15 Å². The highest BCUT2D eigenvalue weighted by molar-refractivity contribution is 7.09. The van der Waals surface area contributed by atoms with Crippen LogP contribution in [0.4, 0.5) is 10.1 Å². The Balaban J connectivity index is 1.95. The van der Waals surface area contributed by atoms with Gasteiger partial charge in [-0.1, -0.05) is 23.7 Å². The molecular weight excluding hydrogens is 335 g/mol. The van der Waals surface area contributed by atoms with Crippen LogP contribution in [0.25, 0.3) is 17.2 Å². The van der Waals surface area contributed by atoms with E-state index in [2.05, 4.69) is 16.4 Å². The average molecular weight is 351 g/mol. The number of rotatable bonds is 6. The summed E-state index contributed by atoms with van der Waals surface area (Å²) in [4.78, 5) is 5.58. The van der Waals surface area contributed by atoms with Crippen LogP contribution in [0.15, 0.2) is 34.1 Å². The molecule has 0 aliphatic rings. The minimum Gasteiger partial charge on any atom is -0.453 e. The van der Waals surface area contributed by atoms with Gasteiger partial charge < -0.3 is 9.73 Å². The van der Waals surface area contributed by atoms with Crippen LogP contribution in [-0.2, 0) is 6.54 Å². The van der Waals surface area contributed by atoms with Crippen LogP contribution >= 0.6 is 22.9 Å². The molecule has 0 unspecified atom stereocenters. The fourth-order valence-electron chi connectivity index (χ4n) is 2.30. The Morgan fingerprint density at radius 2 is 2.35 bits per heavy atom. The van der Waals surface area contributed by atoms with Gasteiger partial charge in [0.25, 0.3) is 0 Å². The molecule has 0 saturated heterocycles. The fourth-order valence-corrected chi connectivity index (χ4v) is 3.14. The number of halogens is 2. The minimum absolute atomic E-state index is 0.369. The molecule has 6 heteroatoms. The molecule has 3 aromatic heterocycles. The third-order valence-electron chi connectivity index (χ3n) is 3.46. The first-order valence-electron chi connectivity index (χ1n) is 7.27. The van der Waals surface area contributed by atoms with E-state index in [1.165, 1.54) is 4.88 Å². The quantitative estimate of drug-likeness (QED) is 0.568. The maximum Gasteiger partial charge on any atom is 0.176 e.